The summed E-state index contributed by atoms with van der Waals surface area (Å²) >= 11 is 0. The minimum absolute atomic E-state index is 0.520. The van der Waals surface area contributed by atoms with Gasteiger partial charge in [0.15, 0.2) is 0 Å². The van der Waals surface area contributed by atoms with Crippen LogP contribution in [0, 0.1) is 27.7 Å². The van der Waals surface area contributed by atoms with E-state index in [4.69, 9.17) is 9.97 Å². The van der Waals surface area contributed by atoms with E-state index < -0.39 is 0 Å². The van der Waals surface area contributed by atoms with E-state index in [0.29, 0.717) is 18.4 Å². The second-order valence-corrected chi connectivity index (χ2v) is 10.1. The smallest absolute Gasteiger partial charge is 0.229 e. The van der Waals surface area contributed by atoms with Gasteiger partial charge in [-0.25, -0.2) is 9.97 Å². The fraction of sp³-hybridized carbons (Fsp3) is 0.200. The normalized spacial score (nSPS) is 13.1. The molecule has 0 radical (unpaired) electrons. The molecule has 1 aliphatic rings. The average Bonchev–Trinajstić information content (AvgIpc) is 3.30. The van der Waals surface area contributed by atoms with E-state index in [-0.39, 0.29) is 0 Å². The lowest BCUT2D eigenvalue weighted by Gasteiger charge is -2.39. The van der Waals surface area contributed by atoms with E-state index in [1.165, 1.54) is 11.1 Å². The van der Waals surface area contributed by atoms with Gasteiger partial charge in [-0.1, -0.05) is 12.6 Å². The molecule has 2 aromatic carbocycles. The summed E-state index contributed by atoms with van der Waals surface area (Å²) in [5.41, 5.74) is 10.4. The van der Waals surface area contributed by atoms with Crippen LogP contribution in [0.25, 0.3) is 11.0 Å². The molecule has 0 saturated heterocycles. The summed E-state index contributed by atoms with van der Waals surface area (Å²) in [6.45, 7) is 13.3. The van der Waals surface area contributed by atoms with Gasteiger partial charge in [-0.15, -0.1) is 0 Å². The molecular formula is C30H31N9. The predicted octanol–water partition coefficient (Wildman–Crippen LogP) is 6.40. The number of benzene rings is 2. The van der Waals surface area contributed by atoms with Gasteiger partial charge in [-0.05, 0) is 80.8 Å². The standard InChI is InChI=1S/C30H31N9/c1-17-7-9-23(33-30-35-25-11-18(2)19(3)12-26(25)36-30)13-27(17)39-16-22-14-32-29(37-28(22)38(6)21(39)5)34-24-10-8-20(4)31-15-24/h7-15H,5,16H2,1-4,6H3,(H,32,34,37)(H2,33,35,36). The molecule has 9 nitrogen and oxygen atoms in total. The molecule has 0 unspecified atom stereocenters. The molecule has 0 aliphatic carbocycles. The predicted molar refractivity (Wildman–Crippen MR) is 158 cm³/mol. The Morgan fingerprint density at radius 2 is 1.64 bits per heavy atom. The molecule has 0 saturated carbocycles. The Balaban J connectivity index is 1.26. The number of nitrogens with zero attached hydrogens (tertiary/aromatic N) is 6. The van der Waals surface area contributed by atoms with Crippen molar-refractivity contribution in [2.45, 2.75) is 34.2 Å². The summed E-state index contributed by atoms with van der Waals surface area (Å²) in [6, 6.07) is 14.5. The topological polar surface area (TPSA) is 97.9 Å². The molecule has 1 aliphatic heterocycles. The van der Waals surface area contributed by atoms with Gasteiger partial charge < -0.3 is 25.4 Å². The van der Waals surface area contributed by atoms with Gasteiger partial charge in [0.05, 0.1) is 29.5 Å². The van der Waals surface area contributed by atoms with Gasteiger partial charge in [0.25, 0.3) is 0 Å². The molecule has 6 rings (SSSR count). The summed E-state index contributed by atoms with van der Waals surface area (Å²) in [6.07, 6.45) is 3.65. The highest BCUT2D eigenvalue weighted by Crippen LogP contribution is 2.36. The number of aromatic amines is 1. The van der Waals surface area contributed by atoms with E-state index in [2.05, 4.69) is 88.2 Å². The Kier molecular flexibility index (Phi) is 5.91. The number of fused-ring (bicyclic) bond motifs is 2. The van der Waals surface area contributed by atoms with E-state index in [0.717, 1.165) is 56.6 Å². The zero-order valence-corrected chi connectivity index (χ0v) is 22.8. The van der Waals surface area contributed by atoms with Crippen LogP contribution >= 0.6 is 0 Å². The summed E-state index contributed by atoms with van der Waals surface area (Å²) in [7, 11) is 1.98. The number of nitrogens with one attached hydrogen (secondary N) is 3. The van der Waals surface area contributed by atoms with Gasteiger partial charge in [0.1, 0.15) is 11.6 Å². The molecule has 0 fully saturated rings. The highest BCUT2D eigenvalue weighted by Gasteiger charge is 2.27. The zero-order valence-electron chi connectivity index (χ0n) is 22.8. The van der Waals surface area contributed by atoms with Crippen LogP contribution in [-0.2, 0) is 6.54 Å². The molecule has 3 aromatic heterocycles. The number of hydrogen-bond donors (Lipinski definition) is 3. The number of imidazole rings is 1. The fourth-order valence-corrected chi connectivity index (χ4v) is 4.76. The van der Waals surface area contributed by atoms with Gasteiger partial charge in [0, 0.05) is 35.9 Å². The number of aryl methyl sites for hydroxylation is 4. The maximum absolute atomic E-state index is 4.78. The van der Waals surface area contributed by atoms with Crippen molar-refractivity contribution in [3.05, 3.63) is 95.2 Å². The van der Waals surface area contributed by atoms with E-state index in [1.54, 1.807) is 6.20 Å². The monoisotopic (exact) mass is 517 g/mol. The van der Waals surface area contributed by atoms with Crippen LogP contribution in [-0.4, -0.2) is 32.0 Å². The first-order chi connectivity index (χ1) is 18.7. The SMILES string of the molecule is C=C1N(C)c2nc(Nc3ccc(C)nc3)ncc2CN1c1cc(Nc2nc3cc(C)c(C)cc3[nH]2)ccc1C. The zero-order chi connectivity index (χ0) is 27.3. The van der Waals surface area contributed by atoms with Gasteiger partial charge in [-0.2, -0.15) is 4.98 Å². The molecule has 0 spiro atoms. The van der Waals surface area contributed by atoms with Gasteiger partial charge >= 0.3 is 0 Å². The fourth-order valence-electron chi connectivity index (χ4n) is 4.76. The number of rotatable bonds is 5. The van der Waals surface area contributed by atoms with E-state index in [1.807, 2.05) is 37.2 Å². The third-order valence-corrected chi connectivity index (χ3v) is 7.21. The van der Waals surface area contributed by atoms with Crippen molar-refractivity contribution in [3.63, 3.8) is 0 Å². The maximum atomic E-state index is 4.78. The first kappa shape index (κ1) is 24.4. The van der Waals surface area contributed by atoms with Crippen molar-refractivity contribution in [2.75, 3.05) is 27.5 Å². The first-order valence-corrected chi connectivity index (χ1v) is 12.9. The summed E-state index contributed by atoms with van der Waals surface area (Å²) in [4.78, 5) is 26.0. The van der Waals surface area contributed by atoms with Crippen LogP contribution in [0.5, 0.6) is 0 Å². The first-order valence-electron chi connectivity index (χ1n) is 12.9. The van der Waals surface area contributed by atoms with Crippen LogP contribution in [0.2, 0.25) is 0 Å². The molecule has 39 heavy (non-hydrogen) atoms. The maximum Gasteiger partial charge on any atom is 0.229 e. The lowest BCUT2D eigenvalue weighted by molar-refractivity contribution is 0.800. The third kappa shape index (κ3) is 4.63. The highest BCUT2D eigenvalue weighted by molar-refractivity contribution is 5.81. The Morgan fingerprint density at radius 1 is 0.846 bits per heavy atom. The molecule has 4 heterocycles. The molecule has 9 heteroatoms. The molecule has 0 atom stereocenters. The lowest BCUT2D eigenvalue weighted by Crippen LogP contribution is -2.38. The van der Waals surface area contributed by atoms with Gasteiger partial charge in [-0.3, -0.25) is 4.98 Å². The van der Waals surface area contributed by atoms with Crippen molar-refractivity contribution < 1.29 is 0 Å². The molecule has 0 bridgehead atoms. The third-order valence-electron chi connectivity index (χ3n) is 7.21. The average molecular weight is 518 g/mol. The van der Waals surface area contributed by atoms with Crippen LogP contribution in [0.3, 0.4) is 0 Å². The van der Waals surface area contributed by atoms with Crippen LogP contribution in [0.1, 0.15) is 27.9 Å². The number of anilines is 6. The summed E-state index contributed by atoms with van der Waals surface area (Å²) in [5.74, 6) is 2.89. The minimum atomic E-state index is 0.520. The highest BCUT2D eigenvalue weighted by atomic mass is 15.4. The van der Waals surface area contributed by atoms with Crippen LogP contribution in [0.15, 0.2) is 67.3 Å². The van der Waals surface area contributed by atoms with E-state index in [9.17, 15) is 0 Å². The minimum Gasteiger partial charge on any atom is -0.326 e. The van der Waals surface area contributed by atoms with Gasteiger partial charge in [0.2, 0.25) is 11.9 Å². The van der Waals surface area contributed by atoms with Crippen molar-refractivity contribution in [3.8, 4) is 0 Å². The quantitative estimate of drug-likeness (QED) is 0.246. The summed E-state index contributed by atoms with van der Waals surface area (Å²) in [5, 5.41) is 6.69. The Hall–Kier alpha value is -4.92. The number of pyridine rings is 1. The molecule has 196 valence electrons. The van der Waals surface area contributed by atoms with Crippen LogP contribution < -0.4 is 20.4 Å². The second kappa shape index (κ2) is 9.43. The number of H-pyrrole nitrogens is 1. The molecule has 5 aromatic rings. The van der Waals surface area contributed by atoms with Crippen LogP contribution in [0.4, 0.5) is 34.8 Å². The molecule has 3 N–H and O–H groups in total. The van der Waals surface area contributed by atoms with Crippen molar-refractivity contribution >= 4 is 45.8 Å². The van der Waals surface area contributed by atoms with E-state index >= 15 is 0 Å². The summed E-state index contributed by atoms with van der Waals surface area (Å²) < 4.78 is 0. The van der Waals surface area contributed by atoms with Crippen molar-refractivity contribution in [1.29, 1.82) is 0 Å². The Bertz CT molecular complexity index is 1680. The Morgan fingerprint density at radius 3 is 2.44 bits per heavy atom. The molecular weight excluding hydrogens is 486 g/mol. The molecule has 0 amide bonds. The Labute approximate surface area is 227 Å². The van der Waals surface area contributed by atoms with Crippen molar-refractivity contribution in [2.24, 2.45) is 0 Å². The number of hydrogen-bond acceptors (Lipinski definition) is 8. The second-order valence-electron chi connectivity index (χ2n) is 10.1. The van der Waals surface area contributed by atoms with Crippen molar-refractivity contribution in [1.82, 2.24) is 24.9 Å². The number of aromatic nitrogens is 5. The lowest BCUT2D eigenvalue weighted by atomic mass is 10.1. The largest absolute Gasteiger partial charge is 0.326 e.